The molecule has 1 heterocycles. The Morgan fingerprint density at radius 1 is 1.28 bits per heavy atom. The van der Waals surface area contributed by atoms with Crippen LogP contribution in [-0.2, 0) is 22.3 Å². The predicted octanol–water partition coefficient (Wildman–Crippen LogP) is 2.58. The van der Waals surface area contributed by atoms with E-state index in [-0.39, 0.29) is 6.54 Å². The quantitative estimate of drug-likeness (QED) is 0.864. The first-order valence-corrected chi connectivity index (χ1v) is 7.34. The van der Waals surface area contributed by atoms with Gasteiger partial charge in [0.1, 0.15) is 12.6 Å². The molecule has 0 spiro atoms. The Balaban J connectivity index is 2.17. The second kappa shape index (κ2) is 7.37. The van der Waals surface area contributed by atoms with Crippen LogP contribution in [0.5, 0.6) is 0 Å². The summed E-state index contributed by atoms with van der Waals surface area (Å²) in [6.45, 7) is 0.886. The number of alkyl halides is 3. The summed E-state index contributed by atoms with van der Waals surface area (Å²) in [6.07, 6.45) is -1.40. The van der Waals surface area contributed by atoms with Gasteiger partial charge in [-0.25, -0.2) is 0 Å². The van der Waals surface area contributed by atoms with Crippen molar-refractivity contribution in [3.63, 3.8) is 0 Å². The van der Waals surface area contributed by atoms with Gasteiger partial charge in [-0.2, -0.15) is 18.3 Å². The molecule has 2 rings (SSSR count). The molecule has 1 atom stereocenters. The number of aromatic nitrogens is 2. The average Bonchev–Trinajstić information content (AvgIpc) is 3.06. The van der Waals surface area contributed by atoms with Gasteiger partial charge in [0.25, 0.3) is 0 Å². The second-order valence-electron chi connectivity index (χ2n) is 5.44. The van der Waals surface area contributed by atoms with Gasteiger partial charge in [0.15, 0.2) is 0 Å². The molecule has 1 unspecified atom stereocenters. The van der Waals surface area contributed by atoms with Gasteiger partial charge in [-0.3, -0.25) is 14.3 Å². The van der Waals surface area contributed by atoms with E-state index in [9.17, 15) is 22.8 Å². The largest absolute Gasteiger partial charge is 0.480 e. The van der Waals surface area contributed by atoms with Crippen LogP contribution in [0.2, 0.25) is 0 Å². The fourth-order valence-electron chi connectivity index (χ4n) is 2.28. The normalized spacial score (nSPS) is 12.6. The molecular weight excluding hydrogens is 339 g/mol. The summed E-state index contributed by atoms with van der Waals surface area (Å²) >= 11 is 0. The number of nitrogens with zero attached hydrogens (tertiary/aromatic N) is 3. The van der Waals surface area contributed by atoms with E-state index in [0.717, 1.165) is 17.0 Å². The van der Waals surface area contributed by atoms with Crippen LogP contribution in [0.3, 0.4) is 0 Å². The van der Waals surface area contributed by atoms with Crippen LogP contribution in [0.25, 0.3) is 0 Å². The third kappa shape index (κ3) is 4.82. The van der Waals surface area contributed by atoms with Crippen molar-refractivity contribution in [3.8, 4) is 0 Å². The summed E-state index contributed by atoms with van der Waals surface area (Å²) in [5.74, 6) is -1.71. The van der Waals surface area contributed by atoms with Gasteiger partial charge in [-0.15, -0.1) is 0 Å². The Kier molecular flexibility index (Phi) is 5.45. The molecule has 0 aliphatic heterocycles. The van der Waals surface area contributed by atoms with Gasteiger partial charge in [0.2, 0.25) is 5.91 Å². The summed E-state index contributed by atoms with van der Waals surface area (Å²) in [7, 11) is 0. The summed E-state index contributed by atoms with van der Waals surface area (Å²) in [5.41, 5.74) is -0.410. The zero-order valence-corrected chi connectivity index (χ0v) is 13.3. The molecule has 1 aromatic heterocycles. The number of carbonyl (C=O) groups is 2. The maximum absolute atomic E-state index is 12.6. The summed E-state index contributed by atoms with van der Waals surface area (Å²) in [4.78, 5) is 24.6. The van der Waals surface area contributed by atoms with Crippen molar-refractivity contribution in [2.75, 3.05) is 6.54 Å². The van der Waals surface area contributed by atoms with Crippen molar-refractivity contribution in [1.29, 1.82) is 0 Å². The standard InChI is InChI=1S/C16H16F3N3O3/c1-11(22-8-2-7-20-22)15(25)21(10-14(23)24)9-12-3-5-13(6-4-12)16(17,18)19/h2-8,11H,9-10H2,1H3,(H,23,24). The van der Waals surface area contributed by atoms with Gasteiger partial charge >= 0.3 is 12.1 Å². The summed E-state index contributed by atoms with van der Waals surface area (Å²) in [6, 6.07) is 5.14. The van der Waals surface area contributed by atoms with Crippen LogP contribution < -0.4 is 0 Å². The lowest BCUT2D eigenvalue weighted by atomic mass is 10.1. The molecule has 1 N–H and O–H groups in total. The van der Waals surface area contributed by atoms with E-state index < -0.39 is 36.2 Å². The molecule has 6 nitrogen and oxygen atoms in total. The lowest BCUT2D eigenvalue weighted by molar-refractivity contribution is -0.146. The molecule has 2 aromatic rings. The van der Waals surface area contributed by atoms with Crippen LogP contribution in [0.15, 0.2) is 42.7 Å². The number of amides is 1. The Morgan fingerprint density at radius 2 is 1.92 bits per heavy atom. The van der Waals surface area contributed by atoms with Gasteiger partial charge in [-0.05, 0) is 30.7 Å². The smallest absolute Gasteiger partial charge is 0.416 e. The molecule has 0 aliphatic carbocycles. The Bertz CT molecular complexity index is 727. The van der Waals surface area contributed by atoms with Gasteiger partial charge in [-0.1, -0.05) is 12.1 Å². The van der Waals surface area contributed by atoms with Crippen molar-refractivity contribution in [1.82, 2.24) is 14.7 Å². The molecule has 0 fully saturated rings. The van der Waals surface area contributed by atoms with E-state index in [1.165, 1.54) is 23.0 Å². The lowest BCUT2D eigenvalue weighted by Gasteiger charge is -2.24. The van der Waals surface area contributed by atoms with Crippen LogP contribution in [0.1, 0.15) is 24.1 Å². The topological polar surface area (TPSA) is 75.4 Å². The van der Waals surface area contributed by atoms with Crippen molar-refractivity contribution < 1.29 is 27.9 Å². The fraction of sp³-hybridized carbons (Fsp3) is 0.312. The van der Waals surface area contributed by atoms with Crippen LogP contribution >= 0.6 is 0 Å². The van der Waals surface area contributed by atoms with E-state index in [0.29, 0.717) is 5.56 Å². The minimum atomic E-state index is -4.45. The number of benzene rings is 1. The van der Waals surface area contributed by atoms with Gasteiger partial charge < -0.3 is 10.0 Å². The monoisotopic (exact) mass is 355 g/mol. The zero-order chi connectivity index (χ0) is 18.6. The molecule has 134 valence electrons. The minimum Gasteiger partial charge on any atom is -0.480 e. The summed E-state index contributed by atoms with van der Waals surface area (Å²) < 4.78 is 39.2. The van der Waals surface area contributed by atoms with E-state index in [2.05, 4.69) is 5.10 Å². The minimum absolute atomic E-state index is 0.116. The number of hydrogen-bond acceptors (Lipinski definition) is 3. The maximum Gasteiger partial charge on any atom is 0.416 e. The Labute approximate surface area is 141 Å². The first-order valence-electron chi connectivity index (χ1n) is 7.34. The number of carboxylic acid groups (broad SMARTS) is 1. The number of hydrogen-bond donors (Lipinski definition) is 1. The third-order valence-corrected chi connectivity index (χ3v) is 3.57. The fourth-order valence-corrected chi connectivity index (χ4v) is 2.28. The van der Waals surface area contributed by atoms with Crippen LogP contribution in [0.4, 0.5) is 13.2 Å². The third-order valence-electron chi connectivity index (χ3n) is 3.57. The molecule has 0 aliphatic rings. The first-order chi connectivity index (χ1) is 11.7. The Hall–Kier alpha value is -2.84. The van der Waals surface area contributed by atoms with Crippen molar-refractivity contribution in [3.05, 3.63) is 53.9 Å². The van der Waals surface area contributed by atoms with E-state index in [1.807, 2.05) is 0 Å². The second-order valence-corrected chi connectivity index (χ2v) is 5.44. The van der Waals surface area contributed by atoms with Gasteiger partial charge in [0, 0.05) is 18.9 Å². The van der Waals surface area contributed by atoms with Crippen molar-refractivity contribution in [2.45, 2.75) is 25.7 Å². The van der Waals surface area contributed by atoms with E-state index >= 15 is 0 Å². The lowest BCUT2D eigenvalue weighted by Crippen LogP contribution is -2.39. The molecule has 0 saturated carbocycles. The van der Waals surface area contributed by atoms with E-state index in [1.54, 1.807) is 19.2 Å². The number of carboxylic acids is 1. The number of rotatable bonds is 6. The van der Waals surface area contributed by atoms with Gasteiger partial charge in [0.05, 0.1) is 5.56 Å². The molecule has 9 heteroatoms. The Morgan fingerprint density at radius 3 is 2.40 bits per heavy atom. The predicted molar refractivity (Wildman–Crippen MR) is 81.4 cm³/mol. The molecular formula is C16H16F3N3O3. The SMILES string of the molecule is CC(C(=O)N(CC(=O)O)Cc1ccc(C(F)(F)F)cc1)n1cccn1. The highest BCUT2D eigenvalue weighted by Crippen LogP contribution is 2.29. The molecule has 0 bridgehead atoms. The van der Waals surface area contributed by atoms with E-state index in [4.69, 9.17) is 5.11 Å². The molecule has 0 saturated heterocycles. The zero-order valence-electron chi connectivity index (χ0n) is 13.3. The van der Waals surface area contributed by atoms with Crippen molar-refractivity contribution in [2.24, 2.45) is 0 Å². The summed E-state index contributed by atoms with van der Waals surface area (Å²) in [5, 5.41) is 13.0. The van der Waals surface area contributed by atoms with Crippen molar-refractivity contribution >= 4 is 11.9 Å². The number of halogens is 3. The van der Waals surface area contributed by atoms with Crippen LogP contribution in [-0.4, -0.2) is 38.2 Å². The highest BCUT2D eigenvalue weighted by molar-refractivity contribution is 5.83. The highest BCUT2D eigenvalue weighted by atomic mass is 19.4. The maximum atomic E-state index is 12.6. The molecule has 25 heavy (non-hydrogen) atoms. The first kappa shape index (κ1) is 18.5. The molecule has 0 radical (unpaired) electrons. The molecule has 1 amide bonds. The number of aliphatic carboxylic acids is 1. The highest BCUT2D eigenvalue weighted by Gasteiger charge is 2.30. The van der Waals surface area contributed by atoms with Crippen LogP contribution in [0, 0.1) is 0 Å². The molecule has 1 aromatic carbocycles. The average molecular weight is 355 g/mol. The number of carbonyl (C=O) groups excluding carboxylic acids is 1.